The van der Waals surface area contributed by atoms with Gasteiger partial charge in [0.25, 0.3) is 5.91 Å². The predicted octanol–water partition coefficient (Wildman–Crippen LogP) is 4.05. The molecule has 0 fully saturated rings. The number of likely N-dealkylation sites (N-methyl/N-ethyl adjacent to an activating group) is 1. The highest BCUT2D eigenvalue weighted by Gasteiger charge is 2.25. The Kier molecular flexibility index (Phi) is 5.72. The number of nitrogens with one attached hydrogen (secondary N) is 1. The third-order valence-electron chi connectivity index (χ3n) is 5.37. The van der Waals surface area contributed by atoms with Crippen molar-refractivity contribution in [3.63, 3.8) is 0 Å². The molecule has 0 spiro atoms. The number of hydrogen-bond acceptors (Lipinski definition) is 6. The second-order valence-corrected chi connectivity index (χ2v) is 7.72. The molecule has 1 unspecified atom stereocenters. The van der Waals surface area contributed by atoms with E-state index >= 15 is 0 Å². The normalized spacial score (nSPS) is 15.2. The maximum absolute atomic E-state index is 12.6. The zero-order valence-electron chi connectivity index (χ0n) is 17.1. The summed E-state index contributed by atoms with van der Waals surface area (Å²) < 4.78 is 6.01. The van der Waals surface area contributed by atoms with E-state index in [0.29, 0.717) is 12.3 Å². The minimum Gasteiger partial charge on any atom is -0.450 e. The number of aromatic nitrogens is 1. The lowest BCUT2D eigenvalue weighted by Gasteiger charge is -2.09. The Bertz CT molecular complexity index is 1060. The second-order valence-electron chi connectivity index (χ2n) is 7.72. The van der Waals surface area contributed by atoms with Crippen molar-refractivity contribution < 1.29 is 9.21 Å². The van der Waals surface area contributed by atoms with Gasteiger partial charge in [0.15, 0.2) is 5.76 Å². The van der Waals surface area contributed by atoms with Crippen molar-refractivity contribution >= 4 is 5.91 Å². The SMILES string of the molecule is CN(C)CCNC(=O)c1cc(-c2ccc3c(c2)CCC3N=O)c(-c2ccncc2)o1. The smallest absolute Gasteiger partial charge is 0.287 e. The van der Waals surface area contributed by atoms with Gasteiger partial charge in [0.2, 0.25) is 0 Å². The summed E-state index contributed by atoms with van der Waals surface area (Å²) in [5, 5.41) is 6.13. The van der Waals surface area contributed by atoms with E-state index in [1.165, 1.54) is 0 Å². The number of carbonyl (C=O) groups is 1. The highest BCUT2D eigenvalue weighted by atomic mass is 16.4. The van der Waals surface area contributed by atoms with Gasteiger partial charge in [0.05, 0.1) is 0 Å². The number of amides is 1. The molecule has 1 atom stereocenters. The molecular formula is C23H24N4O3. The van der Waals surface area contributed by atoms with Gasteiger partial charge in [-0.1, -0.05) is 23.4 Å². The fraction of sp³-hybridized carbons (Fsp3) is 0.304. The second kappa shape index (κ2) is 8.59. The first-order chi connectivity index (χ1) is 14.6. The number of carbonyl (C=O) groups excluding carboxylic acids is 1. The van der Waals surface area contributed by atoms with Crippen LogP contribution < -0.4 is 5.32 Å². The fourth-order valence-electron chi connectivity index (χ4n) is 3.79. The summed E-state index contributed by atoms with van der Waals surface area (Å²) in [5.41, 5.74) is 4.74. The Balaban J connectivity index is 1.71. The number of furan rings is 1. The summed E-state index contributed by atoms with van der Waals surface area (Å²) >= 11 is 0. The van der Waals surface area contributed by atoms with Crippen molar-refractivity contribution in [2.24, 2.45) is 5.18 Å². The predicted molar refractivity (Wildman–Crippen MR) is 115 cm³/mol. The number of nitrogens with zero attached hydrogens (tertiary/aromatic N) is 3. The van der Waals surface area contributed by atoms with Gasteiger partial charge in [-0.25, -0.2) is 0 Å². The van der Waals surface area contributed by atoms with Gasteiger partial charge in [-0.3, -0.25) is 9.78 Å². The molecule has 1 amide bonds. The van der Waals surface area contributed by atoms with E-state index in [4.69, 9.17) is 4.42 Å². The minimum atomic E-state index is -0.267. The summed E-state index contributed by atoms with van der Waals surface area (Å²) in [4.78, 5) is 29.8. The lowest BCUT2D eigenvalue weighted by Crippen LogP contribution is -2.31. The van der Waals surface area contributed by atoms with Gasteiger partial charge in [0, 0.05) is 36.6 Å². The molecule has 7 nitrogen and oxygen atoms in total. The van der Waals surface area contributed by atoms with E-state index in [1.54, 1.807) is 18.5 Å². The van der Waals surface area contributed by atoms with Gasteiger partial charge in [0.1, 0.15) is 11.8 Å². The monoisotopic (exact) mass is 404 g/mol. The average Bonchev–Trinajstić information content (AvgIpc) is 3.38. The van der Waals surface area contributed by atoms with Crippen LogP contribution in [0.4, 0.5) is 0 Å². The maximum atomic E-state index is 12.6. The molecule has 30 heavy (non-hydrogen) atoms. The summed E-state index contributed by atoms with van der Waals surface area (Å²) in [6, 6.07) is 11.2. The topological polar surface area (TPSA) is 87.8 Å². The minimum absolute atomic E-state index is 0.246. The van der Waals surface area contributed by atoms with Crippen molar-refractivity contribution in [3.05, 3.63) is 70.6 Å². The molecule has 4 rings (SSSR count). The maximum Gasteiger partial charge on any atom is 0.287 e. The highest BCUT2D eigenvalue weighted by molar-refractivity contribution is 5.95. The van der Waals surface area contributed by atoms with Crippen molar-refractivity contribution in [2.75, 3.05) is 27.2 Å². The number of aryl methyl sites for hydroxylation is 1. The van der Waals surface area contributed by atoms with Gasteiger partial charge in [-0.15, -0.1) is 0 Å². The number of rotatable bonds is 7. The highest BCUT2D eigenvalue weighted by Crippen LogP contribution is 2.40. The third-order valence-corrected chi connectivity index (χ3v) is 5.37. The third kappa shape index (κ3) is 4.02. The Morgan fingerprint density at radius 2 is 2.00 bits per heavy atom. The molecule has 2 aromatic heterocycles. The van der Waals surface area contributed by atoms with Crippen LogP contribution in [0.15, 0.2) is 58.4 Å². The molecule has 1 aliphatic rings. The average molecular weight is 404 g/mol. The van der Waals surface area contributed by atoms with Crippen LogP contribution in [0.25, 0.3) is 22.5 Å². The zero-order valence-corrected chi connectivity index (χ0v) is 17.1. The van der Waals surface area contributed by atoms with Crippen molar-refractivity contribution in [2.45, 2.75) is 18.9 Å². The lowest BCUT2D eigenvalue weighted by atomic mass is 9.98. The van der Waals surface area contributed by atoms with Crippen molar-refractivity contribution in [1.29, 1.82) is 0 Å². The van der Waals surface area contributed by atoms with E-state index in [1.807, 2.05) is 43.3 Å². The van der Waals surface area contributed by atoms with Gasteiger partial charge in [-0.05, 0) is 61.8 Å². The first-order valence-electron chi connectivity index (χ1n) is 9.99. The molecule has 1 aliphatic carbocycles. The van der Waals surface area contributed by atoms with E-state index in [9.17, 15) is 9.70 Å². The summed E-state index contributed by atoms with van der Waals surface area (Å²) in [6.07, 6.45) is 4.95. The van der Waals surface area contributed by atoms with E-state index < -0.39 is 0 Å². The van der Waals surface area contributed by atoms with E-state index in [0.717, 1.165) is 47.2 Å². The van der Waals surface area contributed by atoms with Crippen LogP contribution in [0.3, 0.4) is 0 Å². The molecule has 7 heteroatoms. The molecule has 0 saturated carbocycles. The van der Waals surface area contributed by atoms with Crippen LogP contribution in [0.1, 0.15) is 34.1 Å². The first-order valence-corrected chi connectivity index (χ1v) is 9.99. The molecule has 0 aliphatic heterocycles. The molecule has 2 heterocycles. The van der Waals surface area contributed by atoms with Gasteiger partial charge < -0.3 is 14.6 Å². The van der Waals surface area contributed by atoms with Crippen LogP contribution in [0, 0.1) is 4.91 Å². The first kappa shape index (κ1) is 20.0. The standard InChI is InChI=1S/C23H24N4O3/c1-27(2)12-11-25-23(28)21-14-19(22(30-21)15-7-9-24-10-8-15)17-3-5-18-16(13-17)4-6-20(18)26-29/h3,5,7-10,13-14,20H,4,6,11-12H2,1-2H3,(H,25,28). The fourth-order valence-corrected chi connectivity index (χ4v) is 3.79. The molecule has 3 aromatic rings. The van der Waals surface area contributed by atoms with Crippen LogP contribution >= 0.6 is 0 Å². The lowest BCUT2D eigenvalue weighted by molar-refractivity contribution is 0.0924. The number of benzene rings is 1. The number of hydrogen-bond donors (Lipinski definition) is 1. The molecule has 154 valence electrons. The van der Waals surface area contributed by atoms with Gasteiger partial charge >= 0.3 is 0 Å². The van der Waals surface area contributed by atoms with Crippen molar-refractivity contribution in [1.82, 2.24) is 15.2 Å². The van der Waals surface area contributed by atoms with Crippen LogP contribution in [-0.2, 0) is 6.42 Å². The Hall–Kier alpha value is -3.32. The van der Waals surface area contributed by atoms with Crippen LogP contribution in [0.5, 0.6) is 0 Å². The van der Waals surface area contributed by atoms with Crippen LogP contribution in [0.2, 0.25) is 0 Å². The zero-order chi connectivity index (χ0) is 21.1. The molecule has 0 radical (unpaired) electrons. The Morgan fingerprint density at radius 1 is 1.20 bits per heavy atom. The molecule has 1 aromatic carbocycles. The van der Waals surface area contributed by atoms with Crippen LogP contribution in [-0.4, -0.2) is 43.0 Å². The summed E-state index contributed by atoms with van der Waals surface area (Å²) in [5.74, 6) is 0.645. The van der Waals surface area contributed by atoms with E-state index in [-0.39, 0.29) is 17.7 Å². The molecule has 0 saturated heterocycles. The summed E-state index contributed by atoms with van der Waals surface area (Å²) in [7, 11) is 3.91. The quantitative estimate of drug-likeness (QED) is 0.600. The molecule has 1 N–H and O–H groups in total. The largest absolute Gasteiger partial charge is 0.450 e. The Labute approximate surface area is 175 Å². The Morgan fingerprint density at radius 3 is 2.73 bits per heavy atom. The van der Waals surface area contributed by atoms with Crippen molar-refractivity contribution in [3.8, 4) is 22.5 Å². The molecular weight excluding hydrogens is 380 g/mol. The molecule has 0 bridgehead atoms. The van der Waals surface area contributed by atoms with E-state index in [2.05, 4.69) is 21.5 Å². The number of pyridine rings is 1. The number of nitroso groups, excluding NO2 is 1. The number of fused-ring (bicyclic) bond motifs is 1. The van der Waals surface area contributed by atoms with Gasteiger partial charge in [-0.2, -0.15) is 4.91 Å². The summed E-state index contributed by atoms with van der Waals surface area (Å²) in [6.45, 7) is 1.28.